The van der Waals surface area contributed by atoms with E-state index in [0.717, 1.165) is 24.2 Å². The van der Waals surface area contributed by atoms with Crippen molar-refractivity contribution in [3.63, 3.8) is 0 Å². The maximum absolute atomic E-state index is 2.46. The molecule has 0 radical (unpaired) electrons. The van der Waals surface area contributed by atoms with Gasteiger partial charge in [0.15, 0.2) is 0 Å². The molecule has 67 heavy (non-hydrogen) atoms. The average Bonchev–Trinajstić information content (AvgIpc) is 3.94. The highest BCUT2D eigenvalue weighted by Crippen LogP contribution is 2.60. The van der Waals surface area contributed by atoms with Gasteiger partial charge in [-0.1, -0.05) is 220 Å². The van der Waals surface area contributed by atoms with Crippen molar-refractivity contribution in [3.05, 3.63) is 270 Å². The summed E-state index contributed by atoms with van der Waals surface area (Å²) in [6.45, 7) is 4.52. The lowest BCUT2D eigenvalue weighted by molar-refractivity contribution is 0.769. The van der Waals surface area contributed by atoms with Crippen LogP contribution in [-0.2, 0) is 18.3 Å². The fourth-order valence-electron chi connectivity index (χ4n) is 11.0. The van der Waals surface area contributed by atoms with Crippen LogP contribution in [0.4, 0.5) is 17.1 Å². The number of aryl methyl sites for hydroxylation is 2. The van der Waals surface area contributed by atoms with Crippen LogP contribution in [0.5, 0.6) is 0 Å². The first-order valence-corrected chi connectivity index (χ1v) is 24.4. The zero-order valence-corrected chi connectivity index (χ0v) is 38.6. The minimum atomic E-state index is -0.450. The third-order valence-electron chi connectivity index (χ3n) is 14.2. The van der Waals surface area contributed by atoms with Gasteiger partial charge in [0, 0.05) is 32.4 Å². The molecule has 0 atom stereocenters. The molecule has 11 aromatic rings. The van der Waals surface area contributed by atoms with Crippen molar-refractivity contribution < 1.29 is 0 Å². The van der Waals surface area contributed by atoms with Gasteiger partial charge in [-0.2, -0.15) is 0 Å². The molecule has 0 saturated carbocycles. The van der Waals surface area contributed by atoms with Crippen molar-refractivity contribution in [1.82, 2.24) is 0 Å². The van der Waals surface area contributed by atoms with E-state index in [-0.39, 0.29) is 0 Å². The van der Waals surface area contributed by atoms with Crippen molar-refractivity contribution in [3.8, 4) is 44.5 Å². The second kappa shape index (κ2) is 16.9. The summed E-state index contributed by atoms with van der Waals surface area (Å²) in [5, 5.41) is 2.56. The van der Waals surface area contributed by atoms with E-state index >= 15 is 0 Å². The van der Waals surface area contributed by atoms with Gasteiger partial charge in [-0.15, -0.1) is 11.3 Å². The van der Waals surface area contributed by atoms with Gasteiger partial charge < -0.3 is 4.90 Å². The van der Waals surface area contributed by atoms with E-state index in [1.165, 1.54) is 104 Å². The number of hydrogen-bond donors (Lipinski definition) is 0. The molecule has 0 spiro atoms. The third kappa shape index (κ3) is 6.66. The van der Waals surface area contributed by atoms with Crippen LogP contribution in [0.25, 0.3) is 64.7 Å². The molecule has 0 fully saturated rings. The summed E-state index contributed by atoms with van der Waals surface area (Å²) in [5.74, 6) is 0. The lowest BCUT2D eigenvalue weighted by atomic mass is 9.68. The van der Waals surface area contributed by atoms with E-state index in [2.05, 4.69) is 255 Å². The fourth-order valence-corrected chi connectivity index (χ4v) is 12.4. The Morgan fingerprint density at radius 3 is 1.55 bits per heavy atom. The Kier molecular flexibility index (Phi) is 10.3. The van der Waals surface area contributed by atoms with Crippen LogP contribution >= 0.6 is 11.3 Å². The molecule has 0 amide bonds. The summed E-state index contributed by atoms with van der Waals surface area (Å²) in [4.78, 5) is 2.46. The standard InChI is InChI=1S/C65H49NS/c1-3-44-19-14-15-26-54(44)55-40-35-49(43-45(55)4-2)48-33-38-53(39-34-48)66(52-36-31-47(32-37-52)46-20-8-5-9-21-46)61-30-18-28-56-57-41-42-60-62(64(57)67-63(56)61)58-27-16-17-29-59(58)65(60,50-22-10-6-11-23-50)51-24-12-7-13-25-51/h5-43H,3-4H2,1-2H3. The first kappa shape index (κ1) is 40.7. The van der Waals surface area contributed by atoms with Crippen LogP contribution in [0, 0.1) is 0 Å². The Morgan fingerprint density at radius 1 is 0.373 bits per heavy atom. The van der Waals surface area contributed by atoms with E-state index < -0.39 is 5.41 Å². The van der Waals surface area contributed by atoms with Crippen LogP contribution in [0.15, 0.2) is 237 Å². The van der Waals surface area contributed by atoms with Crippen LogP contribution in [0.2, 0.25) is 0 Å². The zero-order valence-electron chi connectivity index (χ0n) is 37.8. The highest BCUT2D eigenvalue weighted by molar-refractivity contribution is 7.27. The molecule has 1 aliphatic carbocycles. The van der Waals surface area contributed by atoms with Crippen LogP contribution in [-0.4, -0.2) is 0 Å². The molecular weight excluding hydrogens is 827 g/mol. The number of nitrogens with zero attached hydrogens (tertiary/aromatic N) is 1. The average molecular weight is 876 g/mol. The number of anilines is 3. The summed E-state index contributed by atoms with van der Waals surface area (Å²) in [6, 6.07) is 87.9. The Hall–Kier alpha value is -7.78. The van der Waals surface area contributed by atoms with Crippen molar-refractivity contribution >= 4 is 48.6 Å². The highest BCUT2D eigenvalue weighted by atomic mass is 32.1. The summed E-state index contributed by atoms with van der Waals surface area (Å²) in [5.41, 5.74) is 21.1. The first-order chi connectivity index (χ1) is 33.1. The second-order valence-electron chi connectivity index (χ2n) is 17.7. The van der Waals surface area contributed by atoms with E-state index in [0.29, 0.717) is 0 Å². The number of benzene rings is 10. The predicted octanol–water partition coefficient (Wildman–Crippen LogP) is 18.0. The molecular formula is C65H49NS. The van der Waals surface area contributed by atoms with Crippen molar-refractivity contribution in [1.29, 1.82) is 0 Å². The number of hydrogen-bond acceptors (Lipinski definition) is 2. The molecule has 0 aliphatic heterocycles. The summed E-state index contributed by atoms with van der Waals surface area (Å²) < 4.78 is 2.60. The largest absolute Gasteiger partial charge is 0.309 e. The van der Waals surface area contributed by atoms with Gasteiger partial charge in [-0.25, -0.2) is 0 Å². The van der Waals surface area contributed by atoms with Crippen molar-refractivity contribution in [2.24, 2.45) is 0 Å². The van der Waals surface area contributed by atoms with Gasteiger partial charge in [0.25, 0.3) is 0 Å². The van der Waals surface area contributed by atoms with Crippen LogP contribution in [0.1, 0.15) is 47.2 Å². The Labute approximate surface area is 397 Å². The molecule has 320 valence electrons. The lowest BCUT2D eigenvalue weighted by Crippen LogP contribution is -2.28. The third-order valence-corrected chi connectivity index (χ3v) is 15.4. The maximum Gasteiger partial charge on any atom is 0.0714 e. The predicted molar refractivity (Wildman–Crippen MR) is 286 cm³/mol. The normalized spacial score (nSPS) is 12.6. The van der Waals surface area contributed by atoms with E-state index in [4.69, 9.17) is 0 Å². The lowest BCUT2D eigenvalue weighted by Gasteiger charge is -2.33. The Bertz CT molecular complexity index is 3530. The first-order valence-electron chi connectivity index (χ1n) is 23.6. The Balaban J connectivity index is 1.03. The van der Waals surface area contributed by atoms with Gasteiger partial charge in [-0.3, -0.25) is 0 Å². The van der Waals surface area contributed by atoms with Crippen LogP contribution < -0.4 is 4.90 Å². The van der Waals surface area contributed by atoms with Gasteiger partial charge in [-0.05, 0) is 115 Å². The van der Waals surface area contributed by atoms with E-state index in [9.17, 15) is 0 Å². The number of fused-ring (bicyclic) bond motifs is 7. The molecule has 1 aromatic heterocycles. The number of thiophene rings is 1. The van der Waals surface area contributed by atoms with Gasteiger partial charge in [0.2, 0.25) is 0 Å². The molecule has 1 aliphatic rings. The zero-order chi connectivity index (χ0) is 44.9. The minimum Gasteiger partial charge on any atom is -0.309 e. The second-order valence-corrected chi connectivity index (χ2v) is 18.7. The topological polar surface area (TPSA) is 3.24 Å². The molecule has 1 nitrogen and oxygen atoms in total. The monoisotopic (exact) mass is 875 g/mol. The minimum absolute atomic E-state index is 0.450. The quantitative estimate of drug-likeness (QED) is 0.132. The van der Waals surface area contributed by atoms with E-state index in [1.54, 1.807) is 0 Å². The Morgan fingerprint density at radius 2 is 0.896 bits per heavy atom. The molecule has 0 unspecified atom stereocenters. The molecule has 0 N–H and O–H groups in total. The highest BCUT2D eigenvalue weighted by Gasteiger charge is 2.47. The van der Waals surface area contributed by atoms with Gasteiger partial charge >= 0.3 is 0 Å². The molecule has 1 heterocycles. The molecule has 0 bridgehead atoms. The van der Waals surface area contributed by atoms with Crippen molar-refractivity contribution in [2.75, 3.05) is 4.90 Å². The molecule has 2 heteroatoms. The smallest absolute Gasteiger partial charge is 0.0714 e. The van der Waals surface area contributed by atoms with Gasteiger partial charge in [0.1, 0.15) is 0 Å². The molecule has 0 saturated heterocycles. The maximum atomic E-state index is 2.46. The number of rotatable bonds is 10. The van der Waals surface area contributed by atoms with Crippen LogP contribution in [0.3, 0.4) is 0 Å². The van der Waals surface area contributed by atoms with Crippen molar-refractivity contribution in [2.45, 2.75) is 32.1 Å². The van der Waals surface area contributed by atoms with Gasteiger partial charge in [0.05, 0.1) is 15.8 Å². The molecule has 10 aromatic carbocycles. The SMILES string of the molecule is CCc1ccccc1-c1ccc(-c2ccc(N(c3ccc(-c4ccccc4)cc3)c3cccc4c3sc3c5c(ccc34)C(c3ccccc3)(c3ccccc3)c3ccccc3-5)cc2)cc1CC. The summed E-state index contributed by atoms with van der Waals surface area (Å²) >= 11 is 1.93. The summed E-state index contributed by atoms with van der Waals surface area (Å²) in [6.07, 6.45) is 1.99. The van der Waals surface area contributed by atoms with E-state index in [1.807, 2.05) is 11.3 Å². The molecule has 12 rings (SSSR count). The summed E-state index contributed by atoms with van der Waals surface area (Å²) in [7, 11) is 0. The fraction of sp³-hybridized carbons (Fsp3) is 0.0769.